The molecule has 1 aromatic carbocycles. The van der Waals surface area contributed by atoms with Gasteiger partial charge in [-0.05, 0) is 23.8 Å². The third-order valence-electron chi connectivity index (χ3n) is 3.47. The van der Waals surface area contributed by atoms with Crippen LogP contribution in [0.5, 0.6) is 0 Å². The highest BCUT2D eigenvalue weighted by Gasteiger charge is 2.35. The van der Waals surface area contributed by atoms with Crippen molar-refractivity contribution in [2.75, 3.05) is 0 Å². The molecule has 1 atom stereocenters. The summed E-state index contributed by atoms with van der Waals surface area (Å²) in [7, 11) is 0. The average molecular weight is 271 g/mol. The molecule has 1 N–H and O–H groups in total. The molecule has 0 unspecified atom stereocenters. The van der Waals surface area contributed by atoms with Gasteiger partial charge in [-0.25, -0.2) is 0 Å². The summed E-state index contributed by atoms with van der Waals surface area (Å²) in [6.07, 6.45) is 1.31. The lowest BCUT2D eigenvalue weighted by atomic mass is 10.1. The highest BCUT2D eigenvalue weighted by Crippen LogP contribution is 2.33. The molecule has 0 saturated heterocycles. The molecule has 3 rings (SSSR count). The Hall–Kier alpha value is -2.56. The molecule has 5 nitrogen and oxygen atoms in total. The van der Waals surface area contributed by atoms with Crippen molar-refractivity contribution in [3.63, 3.8) is 0 Å². The number of carboxylic acid groups (broad SMARTS) is 1. The monoisotopic (exact) mass is 271 g/mol. The number of amides is 1. The smallest absolute Gasteiger partial charge is 0.305 e. The zero-order chi connectivity index (χ0) is 14.1. The Labute approximate surface area is 115 Å². The van der Waals surface area contributed by atoms with Crippen molar-refractivity contribution in [2.45, 2.75) is 19.0 Å². The van der Waals surface area contributed by atoms with E-state index in [1.54, 1.807) is 29.2 Å². The SMILES string of the molecule is O=C(O)C[C@H](c1ccco1)N1Cc2ccccc2C1=O. The number of fused-ring (bicyclic) bond motifs is 1. The Morgan fingerprint density at radius 1 is 1.30 bits per heavy atom. The maximum atomic E-state index is 12.4. The number of nitrogens with zero attached hydrogens (tertiary/aromatic N) is 1. The molecule has 5 heteroatoms. The van der Waals surface area contributed by atoms with Gasteiger partial charge in [0.15, 0.2) is 0 Å². The zero-order valence-electron chi connectivity index (χ0n) is 10.7. The molecule has 0 bridgehead atoms. The molecule has 0 spiro atoms. The number of aliphatic carboxylic acids is 1. The number of carboxylic acids is 1. The van der Waals surface area contributed by atoms with E-state index in [0.717, 1.165) is 5.56 Å². The fourth-order valence-electron chi connectivity index (χ4n) is 2.54. The average Bonchev–Trinajstić information content (AvgIpc) is 3.05. The number of furan rings is 1. The lowest BCUT2D eigenvalue weighted by Crippen LogP contribution is -2.30. The van der Waals surface area contributed by atoms with Crippen molar-refractivity contribution in [3.05, 3.63) is 59.5 Å². The van der Waals surface area contributed by atoms with Crippen LogP contribution in [-0.2, 0) is 11.3 Å². The van der Waals surface area contributed by atoms with Crippen LogP contribution in [0.25, 0.3) is 0 Å². The van der Waals surface area contributed by atoms with Gasteiger partial charge >= 0.3 is 5.97 Å². The third-order valence-corrected chi connectivity index (χ3v) is 3.47. The first kappa shape index (κ1) is 12.5. The van der Waals surface area contributed by atoms with E-state index in [0.29, 0.717) is 17.9 Å². The fraction of sp³-hybridized carbons (Fsp3) is 0.200. The Morgan fingerprint density at radius 2 is 2.10 bits per heavy atom. The van der Waals surface area contributed by atoms with Crippen molar-refractivity contribution >= 4 is 11.9 Å². The summed E-state index contributed by atoms with van der Waals surface area (Å²) < 4.78 is 5.30. The normalized spacial score (nSPS) is 15.2. The van der Waals surface area contributed by atoms with Crippen LogP contribution in [0.3, 0.4) is 0 Å². The lowest BCUT2D eigenvalue weighted by Gasteiger charge is -2.24. The van der Waals surface area contributed by atoms with E-state index >= 15 is 0 Å². The van der Waals surface area contributed by atoms with E-state index in [1.165, 1.54) is 6.26 Å². The van der Waals surface area contributed by atoms with Crippen molar-refractivity contribution in [1.29, 1.82) is 0 Å². The Kier molecular flexibility index (Phi) is 3.02. The topological polar surface area (TPSA) is 70.8 Å². The molecular weight excluding hydrogens is 258 g/mol. The van der Waals surface area contributed by atoms with Crippen LogP contribution in [0.4, 0.5) is 0 Å². The van der Waals surface area contributed by atoms with E-state index in [9.17, 15) is 9.59 Å². The second kappa shape index (κ2) is 4.85. The van der Waals surface area contributed by atoms with Gasteiger partial charge in [0, 0.05) is 12.1 Å². The summed E-state index contributed by atoms with van der Waals surface area (Å²) in [4.78, 5) is 25.0. The molecule has 1 aliphatic rings. The second-order valence-corrected chi connectivity index (χ2v) is 4.72. The highest BCUT2D eigenvalue weighted by atomic mass is 16.4. The summed E-state index contributed by atoms with van der Waals surface area (Å²) in [6, 6.07) is 10.1. The summed E-state index contributed by atoms with van der Waals surface area (Å²) in [5, 5.41) is 9.07. The van der Waals surface area contributed by atoms with Gasteiger partial charge in [-0.2, -0.15) is 0 Å². The molecule has 2 aromatic rings. The number of rotatable bonds is 4. The molecule has 0 aliphatic carbocycles. The van der Waals surface area contributed by atoms with Crippen LogP contribution in [0.2, 0.25) is 0 Å². The van der Waals surface area contributed by atoms with Crippen LogP contribution in [0.15, 0.2) is 47.1 Å². The number of carbonyl (C=O) groups excluding carboxylic acids is 1. The van der Waals surface area contributed by atoms with Crippen LogP contribution in [-0.4, -0.2) is 21.9 Å². The summed E-state index contributed by atoms with van der Waals surface area (Å²) >= 11 is 0. The summed E-state index contributed by atoms with van der Waals surface area (Å²) in [5.41, 5.74) is 1.55. The van der Waals surface area contributed by atoms with Gasteiger partial charge in [0.05, 0.1) is 12.7 Å². The molecule has 2 heterocycles. The van der Waals surface area contributed by atoms with E-state index in [2.05, 4.69) is 0 Å². The van der Waals surface area contributed by atoms with Crippen LogP contribution in [0.1, 0.15) is 34.1 Å². The minimum Gasteiger partial charge on any atom is -0.481 e. The number of carbonyl (C=O) groups is 2. The molecule has 0 saturated carbocycles. The zero-order valence-corrected chi connectivity index (χ0v) is 10.7. The van der Waals surface area contributed by atoms with Gasteiger partial charge in [-0.15, -0.1) is 0 Å². The van der Waals surface area contributed by atoms with E-state index in [-0.39, 0.29) is 12.3 Å². The van der Waals surface area contributed by atoms with E-state index in [1.807, 2.05) is 12.1 Å². The van der Waals surface area contributed by atoms with Gasteiger partial charge in [-0.1, -0.05) is 18.2 Å². The maximum absolute atomic E-state index is 12.4. The molecule has 1 aromatic heterocycles. The minimum absolute atomic E-state index is 0.150. The Bertz CT molecular complexity index is 648. The first-order valence-electron chi connectivity index (χ1n) is 6.31. The Balaban J connectivity index is 1.94. The quantitative estimate of drug-likeness (QED) is 0.927. The van der Waals surface area contributed by atoms with E-state index in [4.69, 9.17) is 9.52 Å². The Morgan fingerprint density at radius 3 is 2.75 bits per heavy atom. The molecule has 20 heavy (non-hydrogen) atoms. The predicted molar refractivity (Wildman–Crippen MR) is 70.0 cm³/mol. The molecular formula is C15H13NO4. The number of hydrogen-bond donors (Lipinski definition) is 1. The number of hydrogen-bond acceptors (Lipinski definition) is 3. The fourth-order valence-corrected chi connectivity index (χ4v) is 2.54. The van der Waals surface area contributed by atoms with Crippen molar-refractivity contribution in [1.82, 2.24) is 4.90 Å². The second-order valence-electron chi connectivity index (χ2n) is 4.72. The molecule has 1 aliphatic heterocycles. The van der Waals surface area contributed by atoms with Crippen molar-refractivity contribution in [2.24, 2.45) is 0 Å². The van der Waals surface area contributed by atoms with Crippen LogP contribution in [0, 0.1) is 0 Å². The van der Waals surface area contributed by atoms with Gasteiger partial charge in [0.1, 0.15) is 11.8 Å². The maximum Gasteiger partial charge on any atom is 0.305 e. The van der Waals surface area contributed by atoms with Gasteiger partial charge in [0.2, 0.25) is 0 Å². The van der Waals surface area contributed by atoms with Gasteiger partial charge in [0.25, 0.3) is 5.91 Å². The first-order valence-corrected chi connectivity index (χ1v) is 6.31. The molecule has 0 fully saturated rings. The minimum atomic E-state index is -0.963. The molecule has 0 radical (unpaired) electrons. The largest absolute Gasteiger partial charge is 0.481 e. The molecule has 1 amide bonds. The van der Waals surface area contributed by atoms with Gasteiger partial charge in [-0.3, -0.25) is 9.59 Å². The predicted octanol–water partition coefficient (Wildman–Crippen LogP) is 2.45. The van der Waals surface area contributed by atoms with Crippen LogP contribution >= 0.6 is 0 Å². The number of benzene rings is 1. The van der Waals surface area contributed by atoms with Crippen LogP contribution < -0.4 is 0 Å². The van der Waals surface area contributed by atoms with Gasteiger partial charge < -0.3 is 14.4 Å². The van der Waals surface area contributed by atoms with Crippen molar-refractivity contribution in [3.8, 4) is 0 Å². The highest BCUT2D eigenvalue weighted by molar-refractivity contribution is 5.98. The first-order chi connectivity index (χ1) is 9.66. The third kappa shape index (κ3) is 2.07. The lowest BCUT2D eigenvalue weighted by molar-refractivity contribution is -0.138. The summed E-state index contributed by atoms with van der Waals surface area (Å²) in [5.74, 6) is -0.619. The standard InChI is InChI=1S/C15H13NO4/c17-14(18)8-12(13-6-3-7-20-13)16-9-10-4-1-2-5-11(10)15(16)19/h1-7,12H,8-9H2,(H,17,18)/t12-/m1/s1. The van der Waals surface area contributed by atoms with E-state index < -0.39 is 12.0 Å². The molecule has 102 valence electrons. The van der Waals surface area contributed by atoms with Crippen molar-refractivity contribution < 1.29 is 19.1 Å². The summed E-state index contributed by atoms with van der Waals surface area (Å²) in [6.45, 7) is 0.410.